The highest BCUT2D eigenvalue weighted by Crippen LogP contribution is 2.38. The van der Waals surface area contributed by atoms with Gasteiger partial charge in [0.25, 0.3) is 10.0 Å². The first kappa shape index (κ1) is 36.5. The molecule has 1 unspecified atom stereocenters. The lowest BCUT2D eigenvalue weighted by Crippen LogP contribution is -2.56. The third-order valence-corrected chi connectivity index (χ3v) is 9.48. The lowest BCUT2D eigenvalue weighted by molar-refractivity contribution is -0.140. The van der Waals surface area contributed by atoms with Gasteiger partial charge in [0.05, 0.1) is 21.2 Å². The Labute approximate surface area is 284 Å². The number of hydrogen-bond acceptors (Lipinski definition) is 4. The number of carbonyl (C=O) groups is 2. The van der Waals surface area contributed by atoms with E-state index in [1.54, 1.807) is 51.1 Å². The first-order valence-electron chi connectivity index (χ1n) is 15.1. The number of rotatable bonds is 11. The molecule has 1 N–H and O–H groups in total. The number of sulfonamides is 1. The molecule has 0 aliphatic carbocycles. The van der Waals surface area contributed by atoms with Gasteiger partial charge in [0.1, 0.15) is 12.6 Å². The van der Waals surface area contributed by atoms with Gasteiger partial charge in [-0.05, 0) is 69.2 Å². The molecule has 0 radical (unpaired) electrons. The van der Waals surface area contributed by atoms with Crippen molar-refractivity contribution in [1.29, 1.82) is 0 Å². The molecule has 48 heavy (non-hydrogen) atoms. The molecule has 1 atom stereocenters. The predicted octanol–water partition coefficient (Wildman–Crippen LogP) is 7.42. The SMILES string of the molecule is Cc1cccc(CN(C(=O)CN(c2ccc(Cl)c(C(F)(F)F)c2)S(=O)(=O)c2ccccc2)C(Cc2ccccc2)C(=O)NC(C)(C)C)c1. The lowest BCUT2D eigenvalue weighted by atomic mass is 10.0. The van der Waals surface area contributed by atoms with Crippen molar-refractivity contribution in [2.75, 3.05) is 10.8 Å². The predicted molar refractivity (Wildman–Crippen MR) is 181 cm³/mol. The van der Waals surface area contributed by atoms with Gasteiger partial charge in [0.2, 0.25) is 11.8 Å². The number of aryl methyl sites for hydroxylation is 1. The van der Waals surface area contributed by atoms with Gasteiger partial charge >= 0.3 is 6.18 Å². The summed E-state index contributed by atoms with van der Waals surface area (Å²) in [5.41, 5.74) is -0.0380. The summed E-state index contributed by atoms with van der Waals surface area (Å²) in [6.07, 6.45) is -4.81. The maximum atomic E-state index is 14.5. The number of carbonyl (C=O) groups excluding carboxylic acids is 2. The van der Waals surface area contributed by atoms with E-state index in [4.69, 9.17) is 11.6 Å². The third-order valence-electron chi connectivity index (χ3n) is 7.36. The molecule has 0 saturated carbocycles. The Morgan fingerprint density at radius 2 is 1.44 bits per heavy atom. The van der Waals surface area contributed by atoms with Crippen molar-refractivity contribution in [3.05, 3.63) is 130 Å². The van der Waals surface area contributed by atoms with Gasteiger partial charge in [0, 0.05) is 18.5 Å². The first-order chi connectivity index (χ1) is 22.5. The minimum absolute atomic E-state index is 0.0801. The Morgan fingerprint density at radius 1 is 0.833 bits per heavy atom. The molecule has 7 nitrogen and oxygen atoms in total. The quantitative estimate of drug-likeness (QED) is 0.177. The summed E-state index contributed by atoms with van der Waals surface area (Å²) in [6.45, 7) is 6.27. The molecule has 0 spiro atoms. The van der Waals surface area contributed by atoms with Gasteiger partial charge in [-0.25, -0.2) is 8.42 Å². The largest absolute Gasteiger partial charge is 0.417 e. The van der Waals surface area contributed by atoms with Crippen LogP contribution in [0, 0.1) is 6.92 Å². The Balaban J connectivity index is 1.87. The van der Waals surface area contributed by atoms with E-state index in [2.05, 4.69) is 5.32 Å². The second-order valence-corrected chi connectivity index (χ2v) is 14.7. The fourth-order valence-electron chi connectivity index (χ4n) is 5.15. The minimum atomic E-state index is -4.90. The minimum Gasteiger partial charge on any atom is -0.350 e. The molecule has 0 aliphatic heterocycles. The maximum absolute atomic E-state index is 14.5. The first-order valence-corrected chi connectivity index (χ1v) is 16.9. The van der Waals surface area contributed by atoms with Crippen LogP contribution in [0.3, 0.4) is 0 Å². The smallest absolute Gasteiger partial charge is 0.350 e. The zero-order valence-electron chi connectivity index (χ0n) is 27.0. The van der Waals surface area contributed by atoms with Crippen LogP contribution < -0.4 is 9.62 Å². The molecule has 254 valence electrons. The summed E-state index contributed by atoms with van der Waals surface area (Å²) < 4.78 is 70.6. The molecule has 2 amide bonds. The molecule has 0 aliphatic rings. The van der Waals surface area contributed by atoms with E-state index in [0.717, 1.165) is 23.3 Å². The number of benzene rings is 4. The number of nitrogens with one attached hydrogen (secondary N) is 1. The van der Waals surface area contributed by atoms with Gasteiger partial charge in [-0.1, -0.05) is 90.0 Å². The average Bonchev–Trinajstić information content (AvgIpc) is 3.01. The van der Waals surface area contributed by atoms with Crippen molar-refractivity contribution in [2.24, 2.45) is 0 Å². The second-order valence-electron chi connectivity index (χ2n) is 12.4. The van der Waals surface area contributed by atoms with Gasteiger partial charge < -0.3 is 10.2 Å². The van der Waals surface area contributed by atoms with Crippen molar-refractivity contribution in [3.63, 3.8) is 0 Å². The number of hydrogen-bond donors (Lipinski definition) is 1. The molecule has 4 aromatic rings. The van der Waals surface area contributed by atoms with Crippen LogP contribution in [0.25, 0.3) is 0 Å². The molecule has 0 aromatic heterocycles. The highest BCUT2D eigenvalue weighted by Gasteiger charge is 2.38. The molecule has 4 aromatic carbocycles. The Kier molecular flexibility index (Phi) is 11.3. The lowest BCUT2D eigenvalue weighted by Gasteiger charge is -2.35. The van der Waals surface area contributed by atoms with E-state index >= 15 is 0 Å². The van der Waals surface area contributed by atoms with Crippen molar-refractivity contribution in [3.8, 4) is 0 Å². The zero-order chi connectivity index (χ0) is 35.3. The van der Waals surface area contributed by atoms with Crippen LogP contribution in [0.1, 0.15) is 43.0 Å². The molecule has 12 heteroatoms. The van der Waals surface area contributed by atoms with E-state index in [1.165, 1.54) is 29.2 Å². The second kappa shape index (κ2) is 14.8. The van der Waals surface area contributed by atoms with Gasteiger partial charge in [-0.15, -0.1) is 0 Å². The van der Waals surface area contributed by atoms with Gasteiger partial charge in [-0.2, -0.15) is 13.2 Å². The van der Waals surface area contributed by atoms with Gasteiger partial charge in [0.15, 0.2) is 0 Å². The molecule has 0 bridgehead atoms. The van der Waals surface area contributed by atoms with E-state index < -0.39 is 62.4 Å². The van der Waals surface area contributed by atoms with Crippen LogP contribution in [0.15, 0.2) is 108 Å². The van der Waals surface area contributed by atoms with Gasteiger partial charge in [-0.3, -0.25) is 13.9 Å². The maximum Gasteiger partial charge on any atom is 0.417 e. The molecule has 0 saturated heterocycles. The molecule has 0 heterocycles. The zero-order valence-corrected chi connectivity index (χ0v) is 28.5. The topological polar surface area (TPSA) is 86.8 Å². The van der Waals surface area contributed by atoms with E-state index in [9.17, 15) is 31.2 Å². The van der Waals surface area contributed by atoms with Crippen molar-refractivity contribution in [1.82, 2.24) is 10.2 Å². The highest BCUT2D eigenvalue weighted by atomic mass is 35.5. The number of amides is 2. The Morgan fingerprint density at radius 3 is 2.02 bits per heavy atom. The fourth-order valence-corrected chi connectivity index (χ4v) is 6.80. The van der Waals surface area contributed by atoms with E-state index in [0.29, 0.717) is 15.9 Å². The number of anilines is 1. The Bertz CT molecular complexity index is 1850. The average molecular weight is 700 g/mol. The number of alkyl halides is 3. The van der Waals surface area contributed by atoms with Crippen molar-refractivity contribution < 1.29 is 31.2 Å². The standard InChI is InChI=1S/C36H37ClF3N3O4S/c1-25-12-11-15-27(20-25)23-42(32(34(45)41-35(2,3)4)21-26-13-7-5-8-14-26)33(44)24-43(48(46,47)29-16-9-6-10-17-29)28-18-19-31(37)30(22-28)36(38,39)40/h5-20,22,32H,21,23-24H2,1-4H3,(H,41,45). The molecule has 4 rings (SSSR count). The summed E-state index contributed by atoms with van der Waals surface area (Å²) in [7, 11) is -4.60. The van der Waals surface area contributed by atoms with Crippen LogP contribution in [0.2, 0.25) is 5.02 Å². The number of nitrogens with zero attached hydrogens (tertiary/aromatic N) is 2. The van der Waals surface area contributed by atoms with Crippen molar-refractivity contribution in [2.45, 2.75) is 63.3 Å². The van der Waals surface area contributed by atoms with E-state index in [-0.39, 0.29) is 17.9 Å². The summed E-state index contributed by atoms with van der Waals surface area (Å²) in [5.74, 6) is -1.28. The molecular formula is C36H37ClF3N3O4S. The summed E-state index contributed by atoms with van der Waals surface area (Å²) in [5, 5.41) is 2.31. The van der Waals surface area contributed by atoms with Crippen LogP contribution in [-0.4, -0.2) is 43.3 Å². The third kappa shape index (κ3) is 9.38. The summed E-state index contributed by atoms with van der Waals surface area (Å²) in [4.78, 5) is 29.5. The van der Waals surface area contributed by atoms with Crippen LogP contribution in [0.4, 0.5) is 18.9 Å². The normalized spacial score (nSPS) is 12.7. The Hall–Kier alpha value is -4.35. The monoisotopic (exact) mass is 699 g/mol. The summed E-state index contributed by atoms with van der Waals surface area (Å²) in [6, 6.07) is 25.0. The fraction of sp³-hybridized carbons (Fsp3) is 0.278. The van der Waals surface area contributed by atoms with Crippen LogP contribution >= 0.6 is 11.6 Å². The summed E-state index contributed by atoms with van der Waals surface area (Å²) >= 11 is 5.87. The molecule has 0 fully saturated rings. The van der Waals surface area contributed by atoms with E-state index in [1.807, 2.05) is 37.3 Å². The highest BCUT2D eigenvalue weighted by molar-refractivity contribution is 7.92. The van der Waals surface area contributed by atoms with Crippen LogP contribution in [-0.2, 0) is 38.8 Å². The molecular weight excluding hydrogens is 663 g/mol. The van der Waals surface area contributed by atoms with Crippen molar-refractivity contribution >= 4 is 39.1 Å². The number of halogens is 4. The van der Waals surface area contributed by atoms with Crippen LogP contribution in [0.5, 0.6) is 0 Å².